The Kier molecular flexibility index (Phi) is 3.20. The number of alkyl halides is 3. The summed E-state index contributed by atoms with van der Waals surface area (Å²) >= 11 is 0. The van der Waals surface area contributed by atoms with Gasteiger partial charge in [0, 0.05) is 12.3 Å². The fourth-order valence-corrected chi connectivity index (χ4v) is 0.445. The highest BCUT2D eigenvalue weighted by molar-refractivity contribution is 4.78. The van der Waals surface area contributed by atoms with Crippen LogP contribution in [-0.4, -0.2) is 6.18 Å². The molecule has 0 aromatic rings. The van der Waals surface area contributed by atoms with Crippen LogP contribution < -0.4 is 0 Å². The minimum Gasteiger partial charge on any atom is -0.198 e. The second-order valence-electron chi connectivity index (χ2n) is 2.18. The van der Waals surface area contributed by atoms with Crippen LogP contribution in [0, 0.1) is 17.2 Å². The lowest BCUT2D eigenvalue weighted by Crippen LogP contribution is -2.08. The second-order valence-corrected chi connectivity index (χ2v) is 2.18. The predicted octanol–water partition coefficient (Wildman–Crippen LogP) is 2.49. The van der Waals surface area contributed by atoms with E-state index in [9.17, 15) is 13.2 Å². The van der Waals surface area contributed by atoms with Gasteiger partial charge in [-0.15, -0.1) is 0 Å². The van der Waals surface area contributed by atoms with Crippen LogP contribution in [0.2, 0.25) is 0 Å². The summed E-state index contributed by atoms with van der Waals surface area (Å²) in [6, 6.07) is 1.74. The summed E-state index contributed by atoms with van der Waals surface area (Å²) in [5, 5.41) is 8.11. The van der Waals surface area contributed by atoms with Crippen LogP contribution in [0.15, 0.2) is 0 Å². The third-order valence-corrected chi connectivity index (χ3v) is 1.08. The van der Waals surface area contributed by atoms with Gasteiger partial charge in [-0.1, -0.05) is 0 Å². The van der Waals surface area contributed by atoms with Crippen LogP contribution in [0.1, 0.15) is 19.8 Å². The zero-order chi connectivity index (χ0) is 8.20. The molecular weight excluding hydrogens is 143 g/mol. The van der Waals surface area contributed by atoms with Gasteiger partial charge in [0.25, 0.3) is 0 Å². The topological polar surface area (TPSA) is 23.8 Å². The van der Waals surface area contributed by atoms with Crippen molar-refractivity contribution < 1.29 is 13.2 Å². The summed E-state index contributed by atoms with van der Waals surface area (Å²) in [7, 11) is 0. The van der Waals surface area contributed by atoms with Crippen molar-refractivity contribution in [3.05, 3.63) is 0 Å². The first-order valence-electron chi connectivity index (χ1n) is 2.92. The van der Waals surface area contributed by atoms with Crippen molar-refractivity contribution in [2.45, 2.75) is 25.9 Å². The van der Waals surface area contributed by atoms with Gasteiger partial charge < -0.3 is 0 Å². The highest BCUT2D eigenvalue weighted by Gasteiger charge is 2.27. The monoisotopic (exact) mass is 151 g/mol. The van der Waals surface area contributed by atoms with E-state index < -0.39 is 18.5 Å². The fraction of sp³-hybridized carbons (Fsp3) is 0.833. The summed E-state index contributed by atoms with van der Waals surface area (Å²) < 4.78 is 34.3. The Morgan fingerprint density at radius 3 is 2.30 bits per heavy atom. The Bertz CT molecular complexity index is 133. The van der Waals surface area contributed by atoms with E-state index in [1.54, 1.807) is 6.07 Å². The lowest BCUT2D eigenvalue weighted by Gasteiger charge is -2.05. The Balaban J connectivity index is 3.48. The van der Waals surface area contributed by atoms with E-state index >= 15 is 0 Å². The lowest BCUT2D eigenvalue weighted by molar-refractivity contribution is -0.136. The van der Waals surface area contributed by atoms with Crippen LogP contribution in [0.4, 0.5) is 13.2 Å². The first-order chi connectivity index (χ1) is 4.45. The summed E-state index contributed by atoms with van der Waals surface area (Å²) in [5.74, 6) is -0.498. The molecule has 0 heterocycles. The summed E-state index contributed by atoms with van der Waals surface area (Å²) in [6.07, 6.45) is -5.08. The molecule has 1 nitrogen and oxygen atoms in total. The lowest BCUT2D eigenvalue weighted by atomic mass is 10.1. The van der Waals surface area contributed by atoms with Crippen molar-refractivity contribution in [3.63, 3.8) is 0 Å². The van der Waals surface area contributed by atoms with E-state index in [4.69, 9.17) is 5.26 Å². The van der Waals surface area contributed by atoms with Crippen molar-refractivity contribution in [2.75, 3.05) is 0 Å². The first-order valence-corrected chi connectivity index (χ1v) is 2.92. The van der Waals surface area contributed by atoms with E-state index in [0.29, 0.717) is 0 Å². The summed E-state index contributed by atoms with van der Waals surface area (Å²) in [5.41, 5.74) is 0. The number of nitrogens with zero attached hydrogens (tertiary/aromatic N) is 1. The van der Waals surface area contributed by atoms with Crippen molar-refractivity contribution >= 4 is 0 Å². The van der Waals surface area contributed by atoms with E-state index in [0.717, 1.165) is 0 Å². The van der Waals surface area contributed by atoms with Crippen molar-refractivity contribution in [3.8, 4) is 6.07 Å². The van der Waals surface area contributed by atoms with Gasteiger partial charge in [-0.05, 0) is 13.3 Å². The zero-order valence-corrected chi connectivity index (χ0v) is 5.57. The molecule has 0 fully saturated rings. The minimum atomic E-state index is -4.12. The molecule has 0 aromatic carbocycles. The maximum absolute atomic E-state index is 11.4. The Morgan fingerprint density at radius 1 is 1.50 bits per heavy atom. The largest absolute Gasteiger partial charge is 0.389 e. The van der Waals surface area contributed by atoms with Gasteiger partial charge in [0.2, 0.25) is 0 Å². The molecule has 0 N–H and O–H groups in total. The summed E-state index contributed by atoms with van der Waals surface area (Å²) in [6.45, 7) is 1.48. The predicted molar refractivity (Wildman–Crippen MR) is 30.1 cm³/mol. The van der Waals surface area contributed by atoms with Gasteiger partial charge in [-0.3, -0.25) is 0 Å². The van der Waals surface area contributed by atoms with Gasteiger partial charge in [0.15, 0.2) is 0 Å². The quantitative estimate of drug-likeness (QED) is 0.594. The Hall–Kier alpha value is -0.720. The molecule has 0 bridgehead atoms. The minimum absolute atomic E-state index is 0.0972. The molecule has 0 unspecified atom stereocenters. The van der Waals surface area contributed by atoms with Crippen LogP contribution in [0.3, 0.4) is 0 Å². The highest BCUT2D eigenvalue weighted by atomic mass is 19.4. The number of halogens is 3. The molecule has 0 aliphatic heterocycles. The van der Waals surface area contributed by atoms with Crippen LogP contribution in [0.5, 0.6) is 0 Å². The van der Waals surface area contributed by atoms with Crippen molar-refractivity contribution in [2.24, 2.45) is 5.92 Å². The molecule has 58 valence electrons. The zero-order valence-electron chi connectivity index (χ0n) is 5.57. The normalized spacial score (nSPS) is 14.3. The summed E-state index contributed by atoms with van der Waals surface area (Å²) in [4.78, 5) is 0. The van der Waals surface area contributed by atoms with Gasteiger partial charge in [0.05, 0.1) is 6.07 Å². The fourth-order valence-electron chi connectivity index (χ4n) is 0.445. The first kappa shape index (κ1) is 9.28. The van der Waals surface area contributed by atoms with Gasteiger partial charge >= 0.3 is 6.18 Å². The standard InChI is InChI=1S/C6H8F3N/c1-5(4-10)2-3-6(7,8)9/h5H,2-3H2,1H3/t5-/m0/s1. The molecule has 10 heavy (non-hydrogen) atoms. The number of nitriles is 1. The number of hydrogen-bond acceptors (Lipinski definition) is 1. The molecule has 0 spiro atoms. The molecule has 4 heteroatoms. The average molecular weight is 151 g/mol. The van der Waals surface area contributed by atoms with Gasteiger partial charge in [-0.25, -0.2) is 0 Å². The number of hydrogen-bond donors (Lipinski definition) is 0. The average Bonchev–Trinajstić information content (AvgIpc) is 1.81. The molecule has 0 aromatic heterocycles. The van der Waals surface area contributed by atoms with E-state index in [-0.39, 0.29) is 6.42 Å². The number of rotatable bonds is 2. The van der Waals surface area contributed by atoms with Crippen molar-refractivity contribution in [1.29, 1.82) is 5.26 Å². The third-order valence-electron chi connectivity index (χ3n) is 1.08. The van der Waals surface area contributed by atoms with Crippen LogP contribution >= 0.6 is 0 Å². The molecular formula is C6H8F3N. The highest BCUT2D eigenvalue weighted by Crippen LogP contribution is 2.23. The Labute approximate surface area is 57.5 Å². The van der Waals surface area contributed by atoms with E-state index in [1.165, 1.54) is 6.92 Å². The molecule has 1 atom stereocenters. The Morgan fingerprint density at radius 2 is 2.00 bits per heavy atom. The molecule has 0 aliphatic rings. The van der Waals surface area contributed by atoms with Crippen LogP contribution in [0.25, 0.3) is 0 Å². The molecule has 0 saturated carbocycles. The van der Waals surface area contributed by atoms with Gasteiger partial charge in [0.1, 0.15) is 0 Å². The second kappa shape index (κ2) is 3.45. The van der Waals surface area contributed by atoms with Crippen LogP contribution in [-0.2, 0) is 0 Å². The molecule has 0 rings (SSSR count). The molecule has 0 saturated heterocycles. The van der Waals surface area contributed by atoms with E-state index in [1.807, 2.05) is 0 Å². The smallest absolute Gasteiger partial charge is 0.198 e. The van der Waals surface area contributed by atoms with Crippen molar-refractivity contribution in [1.82, 2.24) is 0 Å². The van der Waals surface area contributed by atoms with E-state index in [2.05, 4.69) is 0 Å². The maximum Gasteiger partial charge on any atom is 0.389 e. The third kappa shape index (κ3) is 5.42. The molecule has 0 radical (unpaired) electrons. The SMILES string of the molecule is C[C@H](C#N)CCC(F)(F)F. The maximum atomic E-state index is 11.4. The molecule has 0 amide bonds. The molecule has 0 aliphatic carbocycles. The van der Waals surface area contributed by atoms with Gasteiger partial charge in [-0.2, -0.15) is 18.4 Å².